The second-order valence-electron chi connectivity index (χ2n) is 3.61. The summed E-state index contributed by atoms with van der Waals surface area (Å²) in [5, 5.41) is 14.7. The van der Waals surface area contributed by atoms with Crippen molar-refractivity contribution in [3.8, 4) is 0 Å². The van der Waals surface area contributed by atoms with Gasteiger partial charge in [-0.1, -0.05) is 0 Å². The standard InChI is InChI=1S/C9H12F3N3O2/c1-5-6(3-15(2)14-5)7(8(16)17)13-4-9(10,11)12/h3,7,13H,4H2,1-2H3,(H,16,17). The summed E-state index contributed by atoms with van der Waals surface area (Å²) >= 11 is 0. The van der Waals surface area contributed by atoms with Gasteiger partial charge in [0.1, 0.15) is 6.04 Å². The van der Waals surface area contributed by atoms with E-state index in [0.29, 0.717) is 5.69 Å². The van der Waals surface area contributed by atoms with Gasteiger partial charge in [-0.05, 0) is 6.92 Å². The molecule has 0 bridgehead atoms. The Morgan fingerprint density at radius 2 is 2.24 bits per heavy atom. The minimum atomic E-state index is -4.45. The lowest BCUT2D eigenvalue weighted by molar-refractivity contribution is -0.143. The molecule has 1 unspecified atom stereocenters. The van der Waals surface area contributed by atoms with E-state index >= 15 is 0 Å². The predicted molar refractivity (Wildman–Crippen MR) is 52.4 cm³/mol. The Hall–Kier alpha value is -1.57. The number of hydrogen-bond acceptors (Lipinski definition) is 3. The quantitative estimate of drug-likeness (QED) is 0.838. The van der Waals surface area contributed by atoms with Gasteiger partial charge in [-0.3, -0.25) is 14.8 Å². The highest BCUT2D eigenvalue weighted by Crippen LogP contribution is 2.19. The normalized spacial score (nSPS) is 13.7. The number of aromatic nitrogens is 2. The van der Waals surface area contributed by atoms with Gasteiger partial charge in [0.05, 0.1) is 12.2 Å². The minimum absolute atomic E-state index is 0.226. The largest absolute Gasteiger partial charge is 0.480 e. The van der Waals surface area contributed by atoms with Gasteiger partial charge >= 0.3 is 12.1 Å². The molecule has 8 heteroatoms. The molecule has 1 heterocycles. The number of carboxylic acid groups (broad SMARTS) is 1. The first-order valence-corrected chi connectivity index (χ1v) is 4.74. The van der Waals surface area contributed by atoms with Crippen molar-refractivity contribution < 1.29 is 23.1 Å². The number of halogens is 3. The van der Waals surface area contributed by atoms with Crippen molar-refractivity contribution in [1.82, 2.24) is 15.1 Å². The third-order valence-corrected chi connectivity index (χ3v) is 2.12. The van der Waals surface area contributed by atoms with Crippen LogP contribution in [-0.4, -0.2) is 33.6 Å². The first-order chi connectivity index (χ1) is 7.70. The van der Waals surface area contributed by atoms with Crippen LogP contribution in [0.3, 0.4) is 0 Å². The van der Waals surface area contributed by atoms with Gasteiger partial charge in [0.15, 0.2) is 0 Å². The van der Waals surface area contributed by atoms with Gasteiger partial charge in [0.2, 0.25) is 0 Å². The van der Waals surface area contributed by atoms with E-state index < -0.39 is 24.7 Å². The fourth-order valence-corrected chi connectivity index (χ4v) is 1.45. The van der Waals surface area contributed by atoms with E-state index in [-0.39, 0.29) is 5.56 Å². The summed E-state index contributed by atoms with van der Waals surface area (Å²) in [7, 11) is 1.57. The Morgan fingerprint density at radius 1 is 1.65 bits per heavy atom. The summed E-state index contributed by atoms with van der Waals surface area (Å²) in [4.78, 5) is 10.9. The summed E-state index contributed by atoms with van der Waals surface area (Å²) in [6, 6.07) is -1.41. The molecule has 0 aliphatic carbocycles. The van der Waals surface area contributed by atoms with E-state index in [2.05, 4.69) is 5.10 Å². The van der Waals surface area contributed by atoms with Gasteiger partial charge in [-0.25, -0.2) is 0 Å². The van der Waals surface area contributed by atoms with Crippen LogP contribution in [0.15, 0.2) is 6.20 Å². The van der Waals surface area contributed by atoms with Gasteiger partial charge in [-0.2, -0.15) is 18.3 Å². The van der Waals surface area contributed by atoms with E-state index in [1.165, 1.54) is 10.9 Å². The van der Waals surface area contributed by atoms with Crippen LogP contribution in [0.5, 0.6) is 0 Å². The molecule has 0 spiro atoms. The molecule has 5 nitrogen and oxygen atoms in total. The smallest absolute Gasteiger partial charge is 0.401 e. The molecule has 1 atom stereocenters. The zero-order valence-electron chi connectivity index (χ0n) is 9.25. The number of carboxylic acids is 1. The zero-order valence-corrected chi connectivity index (χ0v) is 9.25. The number of rotatable bonds is 4. The molecular weight excluding hydrogens is 239 g/mol. The molecule has 0 amide bonds. The molecule has 0 saturated heterocycles. The summed E-state index contributed by atoms with van der Waals surface area (Å²) in [6.45, 7) is 0.179. The number of nitrogens with zero attached hydrogens (tertiary/aromatic N) is 2. The van der Waals surface area contributed by atoms with Gasteiger partial charge in [0.25, 0.3) is 0 Å². The van der Waals surface area contributed by atoms with Crippen LogP contribution >= 0.6 is 0 Å². The van der Waals surface area contributed by atoms with Crippen LogP contribution in [0.1, 0.15) is 17.3 Å². The van der Waals surface area contributed by atoms with Crippen molar-refractivity contribution in [2.45, 2.75) is 19.1 Å². The van der Waals surface area contributed by atoms with Crippen LogP contribution in [0.25, 0.3) is 0 Å². The molecule has 1 rings (SSSR count). The molecule has 0 aliphatic rings. The van der Waals surface area contributed by atoms with Crippen molar-refractivity contribution >= 4 is 5.97 Å². The molecule has 0 radical (unpaired) electrons. The average molecular weight is 251 g/mol. The first kappa shape index (κ1) is 13.5. The first-order valence-electron chi connectivity index (χ1n) is 4.74. The summed E-state index contributed by atoms with van der Waals surface area (Å²) < 4.78 is 37.4. The maximum atomic E-state index is 12.0. The third-order valence-electron chi connectivity index (χ3n) is 2.12. The number of aryl methyl sites for hydroxylation is 2. The second-order valence-corrected chi connectivity index (χ2v) is 3.61. The van der Waals surface area contributed by atoms with Crippen molar-refractivity contribution in [2.24, 2.45) is 7.05 Å². The molecular formula is C9H12F3N3O2. The lowest BCUT2D eigenvalue weighted by Gasteiger charge is -2.15. The molecule has 1 aromatic rings. The lowest BCUT2D eigenvalue weighted by atomic mass is 10.1. The van der Waals surface area contributed by atoms with E-state index in [9.17, 15) is 18.0 Å². The van der Waals surface area contributed by atoms with Crippen LogP contribution in [0.2, 0.25) is 0 Å². The molecule has 17 heavy (non-hydrogen) atoms. The molecule has 0 fully saturated rings. The molecule has 96 valence electrons. The highest BCUT2D eigenvalue weighted by atomic mass is 19.4. The highest BCUT2D eigenvalue weighted by molar-refractivity contribution is 5.75. The maximum absolute atomic E-state index is 12.0. The maximum Gasteiger partial charge on any atom is 0.401 e. The van der Waals surface area contributed by atoms with Crippen molar-refractivity contribution in [1.29, 1.82) is 0 Å². The van der Waals surface area contributed by atoms with Crippen LogP contribution in [0, 0.1) is 6.92 Å². The Bertz CT molecular complexity index is 414. The minimum Gasteiger partial charge on any atom is -0.480 e. The van der Waals surface area contributed by atoms with E-state index in [1.807, 2.05) is 5.32 Å². The third kappa shape index (κ3) is 3.74. The van der Waals surface area contributed by atoms with Crippen molar-refractivity contribution in [2.75, 3.05) is 6.54 Å². The lowest BCUT2D eigenvalue weighted by Crippen LogP contribution is -2.36. The Balaban J connectivity index is 2.87. The predicted octanol–water partition coefficient (Wildman–Crippen LogP) is 1.01. The average Bonchev–Trinajstić information content (AvgIpc) is 2.43. The van der Waals surface area contributed by atoms with Crippen LogP contribution < -0.4 is 5.32 Å². The number of aliphatic carboxylic acids is 1. The summed E-state index contributed by atoms with van der Waals surface area (Å²) in [5.41, 5.74) is 0.610. The van der Waals surface area contributed by atoms with Crippen molar-refractivity contribution in [3.63, 3.8) is 0 Å². The fraction of sp³-hybridized carbons (Fsp3) is 0.556. The molecule has 1 aromatic heterocycles. The SMILES string of the molecule is Cc1nn(C)cc1C(NCC(F)(F)F)C(=O)O. The molecule has 0 aliphatic heterocycles. The summed E-state index contributed by atoms with van der Waals surface area (Å²) in [5.74, 6) is -1.37. The Labute approximate surface area is 95.2 Å². The molecule has 0 aromatic carbocycles. The van der Waals surface area contributed by atoms with Crippen LogP contribution in [0.4, 0.5) is 13.2 Å². The highest BCUT2D eigenvalue weighted by Gasteiger charge is 2.31. The summed E-state index contributed by atoms with van der Waals surface area (Å²) in [6.07, 6.45) is -3.07. The van der Waals surface area contributed by atoms with Gasteiger partial charge in [-0.15, -0.1) is 0 Å². The van der Waals surface area contributed by atoms with Gasteiger partial charge < -0.3 is 5.11 Å². The Morgan fingerprint density at radius 3 is 2.59 bits per heavy atom. The number of carbonyl (C=O) groups is 1. The zero-order chi connectivity index (χ0) is 13.2. The topological polar surface area (TPSA) is 67.2 Å². The van der Waals surface area contributed by atoms with E-state index in [1.54, 1.807) is 14.0 Å². The monoisotopic (exact) mass is 251 g/mol. The van der Waals surface area contributed by atoms with Crippen LogP contribution in [-0.2, 0) is 11.8 Å². The van der Waals surface area contributed by atoms with Gasteiger partial charge in [0, 0.05) is 18.8 Å². The number of alkyl halides is 3. The van der Waals surface area contributed by atoms with Crippen molar-refractivity contribution in [3.05, 3.63) is 17.5 Å². The fourth-order valence-electron chi connectivity index (χ4n) is 1.45. The number of nitrogens with one attached hydrogen (secondary N) is 1. The van der Waals surface area contributed by atoms with E-state index in [4.69, 9.17) is 5.11 Å². The molecule has 0 saturated carbocycles. The second kappa shape index (κ2) is 4.74. The Kier molecular flexibility index (Phi) is 3.76. The number of hydrogen-bond donors (Lipinski definition) is 2. The molecule has 2 N–H and O–H groups in total. The van der Waals surface area contributed by atoms with E-state index in [0.717, 1.165) is 0 Å².